The Kier molecular flexibility index (Phi) is 6.03. The summed E-state index contributed by atoms with van der Waals surface area (Å²) >= 11 is 5.68. The molecule has 112 valence electrons. The largest absolute Gasteiger partial charge is 0.487 e. The zero-order valence-corrected chi connectivity index (χ0v) is 10.9. The molecule has 0 N–H and O–H groups in total. The summed E-state index contributed by atoms with van der Waals surface area (Å²) in [5, 5.41) is 11.0. The fraction of sp³-hybridized carbons (Fsp3) is 0.455. The van der Waals surface area contributed by atoms with Gasteiger partial charge < -0.3 is 9.47 Å². The molecule has 9 heteroatoms. The van der Waals surface area contributed by atoms with Crippen molar-refractivity contribution in [3.63, 3.8) is 0 Å². The average Bonchev–Trinajstić information content (AvgIpc) is 2.32. The van der Waals surface area contributed by atoms with Crippen molar-refractivity contribution in [3.8, 4) is 5.75 Å². The minimum atomic E-state index is -4.37. The summed E-state index contributed by atoms with van der Waals surface area (Å²) in [6, 6.07) is 3.81. The van der Waals surface area contributed by atoms with Gasteiger partial charge in [0.15, 0.2) is 5.75 Å². The topological polar surface area (TPSA) is 61.6 Å². The third-order valence-electron chi connectivity index (χ3n) is 2.07. The normalized spacial score (nSPS) is 11.4. The number of nitrogens with zero attached hydrogens (tertiary/aromatic N) is 1. The van der Waals surface area contributed by atoms with E-state index in [0.29, 0.717) is 0 Å². The van der Waals surface area contributed by atoms with Gasteiger partial charge in [0, 0.05) is 23.6 Å². The number of halogens is 4. The summed E-state index contributed by atoms with van der Waals surface area (Å²) in [7, 11) is 0. The predicted molar refractivity (Wildman–Crippen MR) is 65.1 cm³/mol. The maximum Gasteiger partial charge on any atom is 0.411 e. The monoisotopic (exact) mass is 313 g/mol. The van der Waals surface area contributed by atoms with E-state index in [2.05, 4.69) is 4.74 Å². The van der Waals surface area contributed by atoms with Crippen molar-refractivity contribution in [1.29, 1.82) is 0 Å². The second-order valence-electron chi connectivity index (χ2n) is 3.74. The van der Waals surface area contributed by atoms with Crippen LogP contribution in [0, 0.1) is 10.1 Å². The van der Waals surface area contributed by atoms with Gasteiger partial charge >= 0.3 is 11.9 Å². The molecule has 1 rings (SSSR count). The molecule has 0 aliphatic rings. The lowest BCUT2D eigenvalue weighted by molar-refractivity contribution is -0.385. The number of hydrogen-bond donors (Lipinski definition) is 0. The van der Waals surface area contributed by atoms with Crippen molar-refractivity contribution in [2.24, 2.45) is 0 Å². The molecule has 5 nitrogen and oxygen atoms in total. The van der Waals surface area contributed by atoms with Gasteiger partial charge in [0.1, 0.15) is 6.61 Å². The van der Waals surface area contributed by atoms with Crippen LogP contribution in [0.25, 0.3) is 0 Å². The molecule has 0 saturated carbocycles. The van der Waals surface area contributed by atoms with Gasteiger partial charge in [-0.05, 0) is 6.07 Å². The van der Waals surface area contributed by atoms with E-state index in [1.54, 1.807) is 0 Å². The van der Waals surface area contributed by atoms with Gasteiger partial charge in [-0.2, -0.15) is 13.2 Å². The van der Waals surface area contributed by atoms with Gasteiger partial charge in [-0.3, -0.25) is 10.1 Å². The van der Waals surface area contributed by atoms with E-state index in [0.717, 1.165) is 0 Å². The molecule has 0 aromatic heterocycles. The molecule has 0 bridgehead atoms. The van der Waals surface area contributed by atoms with E-state index in [4.69, 9.17) is 16.3 Å². The van der Waals surface area contributed by atoms with Crippen molar-refractivity contribution >= 4 is 17.3 Å². The van der Waals surface area contributed by atoms with Crippen LogP contribution in [0.2, 0.25) is 5.02 Å². The van der Waals surface area contributed by atoms with Crippen molar-refractivity contribution in [2.45, 2.75) is 12.6 Å². The Hall–Kier alpha value is -1.54. The van der Waals surface area contributed by atoms with Crippen molar-refractivity contribution in [3.05, 3.63) is 33.3 Å². The van der Waals surface area contributed by atoms with E-state index in [9.17, 15) is 23.3 Å². The molecular weight excluding hydrogens is 303 g/mol. The van der Waals surface area contributed by atoms with E-state index in [-0.39, 0.29) is 36.1 Å². The summed E-state index contributed by atoms with van der Waals surface area (Å²) in [4.78, 5) is 10.1. The Morgan fingerprint density at radius 3 is 2.60 bits per heavy atom. The van der Waals surface area contributed by atoms with Crippen molar-refractivity contribution < 1.29 is 27.6 Å². The maximum atomic E-state index is 11.8. The van der Waals surface area contributed by atoms with Gasteiger partial charge in [-0.15, -0.1) is 0 Å². The lowest BCUT2D eigenvalue weighted by atomic mass is 10.3. The Morgan fingerprint density at radius 1 is 1.30 bits per heavy atom. The SMILES string of the molecule is O=[N+]([O-])c1ccc(Cl)cc1OCCCOCC(F)(F)F. The molecule has 0 saturated heterocycles. The zero-order chi connectivity index (χ0) is 15.2. The lowest BCUT2D eigenvalue weighted by Gasteiger charge is -2.09. The van der Waals surface area contributed by atoms with Crippen LogP contribution >= 0.6 is 11.6 Å². The first-order valence-electron chi connectivity index (χ1n) is 5.51. The van der Waals surface area contributed by atoms with Crippen molar-refractivity contribution in [1.82, 2.24) is 0 Å². The first kappa shape index (κ1) is 16.5. The third kappa shape index (κ3) is 6.07. The second kappa shape index (κ2) is 7.30. The molecular formula is C11H11ClF3NO4. The first-order valence-corrected chi connectivity index (χ1v) is 5.88. The number of rotatable bonds is 7. The predicted octanol–water partition coefficient (Wildman–Crippen LogP) is 3.60. The smallest absolute Gasteiger partial charge is 0.411 e. The number of nitro groups is 1. The van der Waals surface area contributed by atoms with Crippen molar-refractivity contribution in [2.75, 3.05) is 19.8 Å². The van der Waals surface area contributed by atoms with Gasteiger partial charge in [0.2, 0.25) is 0 Å². The highest BCUT2D eigenvalue weighted by atomic mass is 35.5. The van der Waals surface area contributed by atoms with Gasteiger partial charge in [0.05, 0.1) is 18.1 Å². The van der Waals surface area contributed by atoms with Crippen LogP contribution in [0.1, 0.15) is 6.42 Å². The lowest BCUT2D eigenvalue weighted by Crippen LogP contribution is -2.18. The highest BCUT2D eigenvalue weighted by Crippen LogP contribution is 2.29. The highest BCUT2D eigenvalue weighted by Gasteiger charge is 2.27. The van der Waals surface area contributed by atoms with Crippen LogP contribution in [0.3, 0.4) is 0 Å². The average molecular weight is 314 g/mol. The highest BCUT2D eigenvalue weighted by molar-refractivity contribution is 6.30. The molecule has 0 amide bonds. The molecule has 0 aliphatic heterocycles. The van der Waals surface area contributed by atoms with Crippen LogP contribution in [0.4, 0.5) is 18.9 Å². The van der Waals surface area contributed by atoms with Gasteiger partial charge in [-0.1, -0.05) is 11.6 Å². The minimum absolute atomic E-state index is 0.0148. The number of hydrogen-bond acceptors (Lipinski definition) is 4. The molecule has 1 aromatic rings. The third-order valence-corrected chi connectivity index (χ3v) is 2.31. The summed E-state index contributed by atoms with van der Waals surface area (Å²) in [5.41, 5.74) is -0.259. The second-order valence-corrected chi connectivity index (χ2v) is 4.18. The van der Waals surface area contributed by atoms with Crippen LogP contribution in [0.15, 0.2) is 18.2 Å². The fourth-order valence-corrected chi connectivity index (χ4v) is 1.45. The quantitative estimate of drug-likeness (QED) is 0.438. The summed E-state index contributed by atoms with van der Waals surface area (Å²) in [6.07, 6.45) is -4.20. The molecule has 0 aliphatic carbocycles. The number of ether oxygens (including phenoxy) is 2. The van der Waals surface area contributed by atoms with Gasteiger partial charge in [-0.25, -0.2) is 0 Å². The molecule has 20 heavy (non-hydrogen) atoms. The number of benzene rings is 1. The summed E-state index contributed by atoms with van der Waals surface area (Å²) < 4.78 is 44.8. The van der Waals surface area contributed by atoms with Crippen LogP contribution in [0.5, 0.6) is 5.75 Å². The van der Waals surface area contributed by atoms with Gasteiger partial charge in [0.25, 0.3) is 0 Å². The van der Waals surface area contributed by atoms with Crippen LogP contribution < -0.4 is 4.74 Å². The first-order chi connectivity index (χ1) is 9.29. The molecule has 0 heterocycles. The van der Waals surface area contributed by atoms with E-state index in [1.807, 2.05) is 0 Å². The Morgan fingerprint density at radius 2 is 2.00 bits per heavy atom. The Balaban J connectivity index is 2.38. The van der Waals surface area contributed by atoms with Crippen LogP contribution in [-0.2, 0) is 4.74 Å². The fourth-order valence-electron chi connectivity index (χ4n) is 1.29. The standard InChI is InChI=1S/C11H11ClF3NO4/c12-8-2-3-9(16(17)18)10(6-8)20-5-1-4-19-7-11(13,14)15/h2-3,6H,1,4-5,7H2. The van der Waals surface area contributed by atoms with Crippen LogP contribution in [-0.4, -0.2) is 30.9 Å². The minimum Gasteiger partial charge on any atom is -0.487 e. The zero-order valence-electron chi connectivity index (χ0n) is 10.2. The Labute approximate surface area is 117 Å². The molecule has 0 spiro atoms. The molecule has 1 aromatic carbocycles. The Bertz CT molecular complexity index is 467. The summed E-state index contributed by atoms with van der Waals surface area (Å²) in [5.74, 6) is -0.0293. The maximum absolute atomic E-state index is 11.8. The van der Waals surface area contributed by atoms with E-state index in [1.165, 1.54) is 18.2 Å². The molecule has 0 atom stereocenters. The van der Waals surface area contributed by atoms with E-state index < -0.39 is 17.7 Å². The molecule has 0 fully saturated rings. The number of nitro benzene ring substituents is 1. The summed E-state index contributed by atoms with van der Waals surface area (Å²) in [6.45, 7) is -1.50. The van der Waals surface area contributed by atoms with E-state index >= 15 is 0 Å². The molecule has 0 radical (unpaired) electrons. The number of alkyl halides is 3. The molecule has 0 unspecified atom stereocenters.